The first-order valence-corrected chi connectivity index (χ1v) is 22.6. The summed E-state index contributed by atoms with van der Waals surface area (Å²) in [6.07, 6.45) is 10.5. The summed E-state index contributed by atoms with van der Waals surface area (Å²) in [5, 5.41) is 2.52. The van der Waals surface area contributed by atoms with Crippen LogP contribution in [0.3, 0.4) is 0 Å². The van der Waals surface area contributed by atoms with Crippen LogP contribution >= 0.6 is 0 Å². The van der Waals surface area contributed by atoms with Crippen molar-refractivity contribution in [1.29, 1.82) is 0 Å². The maximum atomic E-state index is 4.82. The van der Waals surface area contributed by atoms with E-state index in [0.717, 1.165) is 42.7 Å². The second kappa shape index (κ2) is 17.9. The minimum Gasteiger partial charge on any atom is -0.311 e. The van der Waals surface area contributed by atoms with Crippen LogP contribution in [0.5, 0.6) is 0 Å². The van der Waals surface area contributed by atoms with E-state index in [1.807, 2.05) is 0 Å². The van der Waals surface area contributed by atoms with Gasteiger partial charge in [0, 0.05) is 17.1 Å². The van der Waals surface area contributed by atoms with Gasteiger partial charge in [0.25, 0.3) is 0 Å². The minimum atomic E-state index is 1.04. The fourth-order valence-electron chi connectivity index (χ4n) is 9.84. The quantitative estimate of drug-likeness (QED) is 0.148. The predicted octanol–water partition coefficient (Wildman–Crippen LogP) is 17.6. The van der Waals surface area contributed by atoms with Crippen LogP contribution in [-0.4, -0.2) is 0 Å². The molecule has 302 valence electrons. The van der Waals surface area contributed by atoms with Gasteiger partial charge in [-0.05, 0) is 177 Å². The molecule has 1 saturated carbocycles. The first kappa shape index (κ1) is 39.2. The van der Waals surface area contributed by atoms with Crippen molar-refractivity contribution in [3.8, 4) is 33.4 Å². The molecule has 2 aliphatic rings. The lowest BCUT2D eigenvalue weighted by Crippen LogP contribution is -2.10. The Bertz CT molecular complexity index is 2880. The van der Waals surface area contributed by atoms with E-state index >= 15 is 0 Å². The SMILES string of the molecule is C=C1CCCCC/C(c2ccc(-c3ccccc3)cc2)=C2/CCCC/C2=C/1c1ccc(N(c2ccc(-c3ccccc3)cc2)c2ccc(-c3ccc4ccccc4c3)cc2)cc1. The maximum absolute atomic E-state index is 4.82. The molecule has 0 N–H and O–H groups in total. The molecule has 0 heterocycles. The van der Waals surface area contributed by atoms with E-state index in [0.29, 0.717) is 0 Å². The van der Waals surface area contributed by atoms with Gasteiger partial charge >= 0.3 is 0 Å². The van der Waals surface area contributed by atoms with E-state index in [1.54, 1.807) is 11.1 Å². The Labute approximate surface area is 368 Å². The Kier molecular flexibility index (Phi) is 11.3. The molecule has 0 unspecified atom stereocenters. The van der Waals surface area contributed by atoms with Crippen molar-refractivity contribution < 1.29 is 0 Å². The summed E-state index contributed by atoms with van der Waals surface area (Å²) >= 11 is 0. The third kappa shape index (κ3) is 8.24. The van der Waals surface area contributed by atoms with Gasteiger partial charge < -0.3 is 4.90 Å². The summed E-state index contributed by atoms with van der Waals surface area (Å²) in [5.41, 5.74) is 20.7. The molecule has 0 spiro atoms. The molecule has 1 fully saturated rings. The van der Waals surface area contributed by atoms with Crippen molar-refractivity contribution in [2.24, 2.45) is 0 Å². The Morgan fingerprint density at radius 2 is 0.694 bits per heavy atom. The lowest BCUT2D eigenvalue weighted by molar-refractivity contribution is 0.662. The summed E-state index contributed by atoms with van der Waals surface area (Å²) < 4.78 is 0. The number of nitrogens with zero attached hydrogens (tertiary/aromatic N) is 1. The molecule has 0 aliphatic heterocycles. The van der Waals surface area contributed by atoms with Crippen LogP contribution in [0.1, 0.15) is 68.9 Å². The monoisotopic (exact) mass is 799 g/mol. The summed E-state index contributed by atoms with van der Waals surface area (Å²) in [4.78, 5) is 2.39. The van der Waals surface area contributed by atoms with Crippen molar-refractivity contribution in [3.63, 3.8) is 0 Å². The number of fused-ring (bicyclic) bond motifs is 2. The van der Waals surface area contributed by atoms with Gasteiger partial charge in [0.1, 0.15) is 0 Å². The zero-order valence-corrected chi connectivity index (χ0v) is 35.6. The number of benzene rings is 8. The molecule has 0 saturated heterocycles. The third-order valence-electron chi connectivity index (χ3n) is 13.1. The molecular weight excluding hydrogens is 747 g/mol. The molecular formula is C61H53N. The highest BCUT2D eigenvalue weighted by molar-refractivity contribution is 5.90. The number of hydrogen-bond donors (Lipinski definition) is 0. The Balaban J connectivity index is 1.04. The zero-order valence-electron chi connectivity index (χ0n) is 35.6. The first-order valence-electron chi connectivity index (χ1n) is 22.6. The standard InChI is InChI=1S/C61H53N/c1-44-15-5-2-10-22-58(51-28-25-48(26-29-51)45-16-6-3-7-17-45)59-23-13-14-24-60(59)61(44)52-35-41-57(42-36-52)62(55-37-31-49(32-38-55)46-18-8-4-9-19-46)56-39-33-50(34-40-56)54-30-27-47-20-11-12-21-53(47)43-54/h3-4,6-9,11-12,16-21,25-43H,1-2,5,10,13-15,22-24H2/b59-58+,61-60+. The van der Waals surface area contributed by atoms with Gasteiger partial charge in [-0.25, -0.2) is 0 Å². The van der Waals surface area contributed by atoms with E-state index in [-0.39, 0.29) is 0 Å². The molecule has 0 aromatic heterocycles. The molecule has 1 nitrogen and oxygen atoms in total. The molecule has 0 amide bonds. The van der Waals surface area contributed by atoms with E-state index in [1.165, 1.54) is 104 Å². The largest absolute Gasteiger partial charge is 0.311 e. The van der Waals surface area contributed by atoms with Crippen molar-refractivity contribution >= 4 is 39.0 Å². The maximum Gasteiger partial charge on any atom is 0.0462 e. The number of hydrogen-bond acceptors (Lipinski definition) is 1. The molecule has 1 heteroatoms. The Morgan fingerprint density at radius 3 is 1.29 bits per heavy atom. The van der Waals surface area contributed by atoms with Crippen molar-refractivity contribution in [3.05, 3.63) is 235 Å². The molecule has 2 aliphatic carbocycles. The van der Waals surface area contributed by atoms with Crippen LogP contribution in [0.2, 0.25) is 0 Å². The van der Waals surface area contributed by atoms with Gasteiger partial charge in [0.2, 0.25) is 0 Å². The van der Waals surface area contributed by atoms with Gasteiger partial charge in [-0.2, -0.15) is 0 Å². The van der Waals surface area contributed by atoms with E-state index in [9.17, 15) is 0 Å². The second-order valence-corrected chi connectivity index (χ2v) is 17.0. The summed E-state index contributed by atoms with van der Waals surface area (Å²) in [6.45, 7) is 4.82. The van der Waals surface area contributed by atoms with Gasteiger partial charge in [0.05, 0.1) is 0 Å². The van der Waals surface area contributed by atoms with Gasteiger partial charge in [-0.15, -0.1) is 0 Å². The predicted molar refractivity (Wildman–Crippen MR) is 266 cm³/mol. The first-order chi connectivity index (χ1) is 30.7. The fraction of sp³-hybridized carbons (Fsp3) is 0.148. The highest BCUT2D eigenvalue weighted by atomic mass is 15.1. The van der Waals surface area contributed by atoms with Crippen LogP contribution in [-0.2, 0) is 0 Å². The molecule has 0 atom stereocenters. The number of anilines is 3. The normalized spacial score (nSPS) is 17.1. The molecule has 62 heavy (non-hydrogen) atoms. The van der Waals surface area contributed by atoms with Crippen LogP contribution < -0.4 is 4.90 Å². The van der Waals surface area contributed by atoms with Crippen LogP contribution in [0.25, 0.3) is 55.3 Å². The molecule has 8 aromatic rings. The van der Waals surface area contributed by atoms with Crippen molar-refractivity contribution in [1.82, 2.24) is 0 Å². The second-order valence-electron chi connectivity index (χ2n) is 17.0. The molecule has 0 radical (unpaired) electrons. The highest BCUT2D eigenvalue weighted by Crippen LogP contribution is 2.45. The lowest BCUT2D eigenvalue weighted by atomic mass is 9.76. The Hall–Kier alpha value is -6.96. The Morgan fingerprint density at radius 1 is 0.290 bits per heavy atom. The highest BCUT2D eigenvalue weighted by Gasteiger charge is 2.24. The van der Waals surface area contributed by atoms with Crippen LogP contribution in [0, 0.1) is 0 Å². The van der Waals surface area contributed by atoms with Gasteiger partial charge in [0.15, 0.2) is 0 Å². The van der Waals surface area contributed by atoms with Gasteiger partial charge in [-0.3, -0.25) is 0 Å². The van der Waals surface area contributed by atoms with E-state index in [2.05, 4.69) is 205 Å². The van der Waals surface area contributed by atoms with Crippen LogP contribution in [0.4, 0.5) is 17.1 Å². The fourth-order valence-corrected chi connectivity index (χ4v) is 9.84. The van der Waals surface area contributed by atoms with Crippen LogP contribution in [0.15, 0.2) is 223 Å². The number of rotatable bonds is 8. The zero-order chi connectivity index (χ0) is 41.7. The lowest BCUT2D eigenvalue weighted by Gasteiger charge is -2.29. The smallest absolute Gasteiger partial charge is 0.0462 e. The molecule has 0 bridgehead atoms. The summed E-state index contributed by atoms with van der Waals surface area (Å²) in [5.74, 6) is 0. The topological polar surface area (TPSA) is 3.24 Å². The summed E-state index contributed by atoms with van der Waals surface area (Å²) in [7, 11) is 0. The molecule has 10 rings (SSSR count). The number of allylic oxidation sites excluding steroid dienone is 5. The minimum absolute atomic E-state index is 1.04. The van der Waals surface area contributed by atoms with E-state index < -0.39 is 0 Å². The third-order valence-corrected chi connectivity index (χ3v) is 13.1. The molecule has 8 aromatic carbocycles. The van der Waals surface area contributed by atoms with Crippen molar-refractivity contribution in [2.45, 2.75) is 57.8 Å². The van der Waals surface area contributed by atoms with Crippen molar-refractivity contribution in [2.75, 3.05) is 4.90 Å². The van der Waals surface area contributed by atoms with Gasteiger partial charge in [-0.1, -0.05) is 171 Å². The average Bonchev–Trinajstić information content (AvgIpc) is 3.34. The average molecular weight is 800 g/mol. The summed E-state index contributed by atoms with van der Waals surface area (Å²) in [6, 6.07) is 73.6. The van der Waals surface area contributed by atoms with E-state index in [4.69, 9.17) is 6.58 Å².